The monoisotopic (exact) mass is 295 g/mol. The van der Waals surface area contributed by atoms with Gasteiger partial charge >= 0.3 is 0 Å². The molecule has 2 aromatic heterocycles. The Balaban J connectivity index is 1.82. The SMILES string of the molecule is Cc1cc(Cl)ccc1OCc1nnc2sc(N)nn12. The Morgan fingerprint density at radius 3 is 3.05 bits per heavy atom. The Bertz CT molecular complexity index is 738. The predicted molar refractivity (Wildman–Crippen MR) is 73.6 cm³/mol. The normalized spacial score (nSPS) is 11.1. The molecule has 3 rings (SSSR count). The number of ether oxygens (including phenoxy) is 1. The third-order valence-corrected chi connectivity index (χ3v) is 3.53. The van der Waals surface area contributed by atoms with Crippen molar-refractivity contribution in [3.05, 3.63) is 34.6 Å². The van der Waals surface area contributed by atoms with E-state index in [0.717, 1.165) is 11.3 Å². The van der Waals surface area contributed by atoms with Crippen LogP contribution in [0, 0.1) is 6.92 Å². The molecule has 0 bridgehead atoms. The van der Waals surface area contributed by atoms with Gasteiger partial charge < -0.3 is 10.5 Å². The molecular weight excluding hydrogens is 286 g/mol. The Morgan fingerprint density at radius 1 is 1.42 bits per heavy atom. The molecular formula is C11H10ClN5OS. The third-order valence-electron chi connectivity index (χ3n) is 2.56. The summed E-state index contributed by atoms with van der Waals surface area (Å²) in [6.07, 6.45) is 0. The number of benzene rings is 1. The van der Waals surface area contributed by atoms with Gasteiger partial charge in [-0.15, -0.1) is 15.3 Å². The molecule has 0 aliphatic rings. The fourth-order valence-electron chi connectivity index (χ4n) is 1.68. The van der Waals surface area contributed by atoms with Gasteiger partial charge in [-0.3, -0.25) is 0 Å². The van der Waals surface area contributed by atoms with E-state index in [1.165, 1.54) is 11.3 Å². The highest BCUT2D eigenvalue weighted by atomic mass is 35.5. The molecule has 6 nitrogen and oxygen atoms in total. The van der Waals surface area contributed by atoms with Crippen LogP contribution in [-0.2, 0) is 6.61 Å². The number of hydrogen-bond donors (Lipinski definition) is 1. The fraction of sp³-hybridized carbons (Fsp3) is 0.182. The van der Waals surface area contributed by atoms with Crippen LogP contribution in [0.1, 0.15) is 11.4 Å². The standard InChI is InChI=1S/C11H10ClN5OS/c1-6-4-7(12)2-3-8(6)18-5-9-14-15-11-17(9)16-10(13)19-11/h2-4H,5H2,1H3,(H2,13,16). The molecule has 1 aromatic carbocycles. The summed E-state index contributed by atoms with van der Waals surface area (Å²) in [5.41, 5.74) is 6.58. The van der Waals surface area contributed by atoms with E-state index >= 15 is 0 Å². The molecule has 98 valence electrons. The second-order valence-corrected chi connectivity index (χ2v) is 5.37. The number of aromatic nitrogens is 4. The average molecular weight is 296 g/mol. The predicted octanol–water partition coefficient (Wildman–Crippen LogP) is 2.31. The minimum atomic E-state index is 0.271. The van der Waals surface area contributed by atoms with E-state index in [-0.39, 0.29) is 6.61 Å². The van der Waals surface area contributed by atoms with Gasteiger partial charge in [0.25, 0.3) is 0 Å². The van der Waals surface area contributed by atoms with E-state index in [1.54, 1.807) is 10.6 Å². The number of nitrogen functional groups attached to an aromatic ring is 1. The average Bonchev–Trinajstić information content (AvgIpc) is 2.88. The summed E-state index contributed by atoms with van der Waals surface area (Å²) in [7, 11) is 0. The van der Waals surface area contributed by atoms with Crippen LogP contribution in [-0.4, -0.2) is 19.8 Å². The van der Waals surface area contributed by atoms with Crippen molar-refractivity contribution in [3.8, 4) is 5.75 Å². The van der Waals surface area contributed by atoms with Crippen LogP contribution in [0.5, 0.6) is 5.75 Å². The van der Waals surface area contributed by atoms with E-state index in [1.807, 2.05) is 19.1 Å². The first-order valence-corrected chi connectivity index (χ1v) is 6.68. The maximum absolute atomic E-state index is 5.89. The lowest BCUT2D eigenvalue weighted by Gasteiger charge is -2.07. The highest BCUT2D eigenvalue weighted by molar-refractivity contribution is 7.20. The molecule has 0 aliphatic carbocycles. The summed E-state index contributed by atoms with van der Waals surface area (Å²) >= 11 is 7.18. The summed E-state index contributed by atoms with van der Waals surface area (Å²) in [6, 6.07) is 5.45. The van der Waals surface area contributed by atoms with Crippen molar-refractivity contribution in [2.24, 2.45) is 0 Å². The van der Waals surface area contributed by atoms with Gasteiger partial charge in [0, 0.05) is 5.02 Å². The van der Waals surface area contributed by atoms with Crippen LogP contribution in [0.4, 0.5) is 5.13 Å². The molecule has 0 amide bonds. The Labute approximate surface area is 117 Å². The summed E-state index contributed by atoms with van der Waals surface area (Å²) in [5, 5.41) is 13.2. The summed E-state index contributed by atoms with van der Waals surface area (Å²) in [6.45, 7) is 2.20. The summed E-state index contributed by atoms with van der Waals surface area (Å²) in [5.74, 6) is 1.36. The zero-order chi connectivity index (χ0) is 13.4. The molecule has 8 heteroatoms. The van der Waals surface area contributed by atoms with Crippen molar-refractivity contribution in [2.45, 2.75) is 13.5 Å². The van der Waals surface area contributed by atoms with Crippen LogP contribution < -0.4 is 10.5 Å². The van der Waals surface area contributed by atoms with E-state index < -0.39 is 0 Å². The van der Waals surface area contributed by atoms with E-state index in [0.29, 0.717) is 20.9 Å². The van der Waals surface area contributed by atoms with Crippen LogP contribution in [0.3, 0.4) is 0 Å². The zero-order valence-electron chi connectivity index (χ0n) is 10.00. The van der Waals surface area contributed by atoms with Crippen molar-refractivity contribution < 1.29 is 4.74 Å². The van der Waals surface area contributed by atoms with Crippen molar-refractivity contribution >= 4 is 33.0 Å². The number of fused-ring (bicyclic) bond motifs is 1. The third kappa shape index (κ3) is 2.34. The first-order valence-electron chi connectivity index (χ1n) is 5.49. The minimum absolute atomic E-state index is 0.271. The van der Waals surface area contributed by atoms with Gasteiger partial charge in [-0.2, -0.15) is 4.52 Å². The van der Waals surface area contributed by atoms with Gasteiger partial charge in [0.15, 0.2) is 5.82 Å². The maximum Gasteiger partial charge on any atom is 0.236 e. The lowest BCUT2D eigenvalue weighted by molar-refractivity contribution is 0.291. The van der Waals surface area contributed by atoms with E-state index in [2.05, 4.69) is 15.3 Å². The lowest BCUT2D eigenvalue weighted by Crippen LogP contribution is -2.03. The Kier molecular flexibility index (Phi) is 3.00. The number of nitrogens with zero attached hydrogens (tertiary/aromatic N) is 4. The van der Waals surface area contributed by atoms with Crippen molar-refractivity contribution in [1.82, 2.24) is 19.8 Å². The van der Waals surface area contributed by atoms with Crippen molar-refractivity contribution in [2.75, 3.05) is 5.73 Å². The molecule has 0 saturated heterocycles. The van der Waals surface area contributed by atoms with Gasteiger partial charge in [0.1, 0.15) is 12.4 Å². The largest absolute Gasteiger partial charge is 0.485 e. The highest BCUT2D eigenvalue weighted by Crippen LogP contribution is 2.23. The zero-order valence-corrected chi connectivity index (χ0v) is 11.6. The van der Waals surface area contributed by atoms with Crippen LogP contribution in [0.25, 0.3) is 4.96 Å². The van der Waals surface area contributed by atoms with Crippen LogP contribution in [0.2, 0.25) is 5.02 Å². The number of anilines is 1. The van der Waals surface area contributed by atoms with Gasteiger partial charge in [0.05, 0.1) is 0 Å². The molecule has 3 aromatic rings. The Morgan fingerprint density at radius 2 is 2.26 bits per heavy atom. The molecule has 19 heavy (non-hydrogen) atoms. The van der Waals surface area contributed by atoms with Gasteiger partial charge in [0.2, 0.25) is 10.1 Å². The van der Waals surface area contributed by atoms with Crippen molar-refractivity contribution in [1.29, 1.82) is 0 Å². The summed E-state index contributed by atoms with van der Waals surface area (Å²) in [4.78, 5) is 0.656. The highest BCUT2D eigenvalue weighted by Gasteiger charge is 2.11. The first kappa shape index (κ1) is 12.2. The number of rotatable bonds is 3. The molecule has 2 heterocycles. The maximum atomic E-state index is 5.89. The quantitative estimate of drug-likeness (QED) is 0.802. The first-order chi connectivity index (χ1) is 9.13. The molecule has 0 atom stereocenters. The van der Waals surface area contributed by atoms with Crippen LogP contribution >= 0.6 is 22.9 Å². The van der Waals surface area contributed by atoms with Gasteiger partial charge in [-0.05, 0) is 30.7 Å². The molecule has 0 unspecified atom stereocenters. The Hall–Kier alpha value is -1.86. The number of hydrogen-bond acceptors (Lipinski definition) is 6. The molecule has 0 saturated carbocycles. The molecule has 0 aliphatic heterocycles. The fourth-order valence-corrected chi connectivity index (χ4v) is 2.53. The number of aryl methyl sites for hydroxylation is 1. The summed E-state index contributed by atoms with van der Waals surface area (Å²) < 4.78 is 7.28. The minimum Gasteiger partial charge on any atom is -0.485 e. The second-order valence-electron chi connectivity index (χ2n) is 3.95. The smallest absolute Gasteiger partial charge is 0.236 e. The number of nitrogens with two attached hydrogens (primary N) is 1. The van der Waals surface area contributed by atoms with E-state index in [4.69, 9.17) is 22.1 Å². The van der Waals surface area contributed by atoms with E-state index in [9.17, 15) is 0 Å². The lowest BCUT2D eigenvalue weighted by atomic mass is 10.2. The van der Waals surface area contributed by atoms with Gasteiger partial charge in [-0.1, -0.05) is 22.9 Å². The molecule has 0 spiro atoms. The second kappa shape index (κ2) is 4.67. The van der Waals surface area contributed by atoms with Crippen LogP contribution in [0.15, 0.2) is 18.2 Å². The van der Waals surface area contributed by atoms with Gasteiger partial charge in [-0.25, -0.2) is 0 Å². The van der Waals surface area contributed by atoms with Crippen molar-refractivity contribution in [3.63, 3.8) is 0 Å². The number of halogens is 1. The molecule has 0 radical (unpaired) electrons. The topological polar surface area (TPSA) is 78.3 Å². The molecule has 0 fully saturated rings. The molecule has 2 N–H and O–H groups in total.